The van der Waals surface area contributed by atoms with Gasteiger partial charge in [-0.3, -0.25) is 0 Å². The van der Waals surface area contributed by atoms with E-state index >= 15 is 0 Å². The Bertz CT molecular complexity index is 2860. The molecule has 5 heteroatoms. The molecule has 3 heterocycles. The van der Waals surface area contributed by atoms with Crippen LogP contribution in [0.3, 0.4) is 0 Å². The Morgan fingerprint density at radius 2 is 0.900 bits per heavy atom. The molecule has 234 valence electrons. The SMILES string of the molecule is c1ccc(-c2ccc3c(c2)oc2c(-c4nc(-c5ccccc5)nc(-c5c(-c6ccccc6)ccc6c5oc5ccccc56)n4)cccc23)cc1. The molecule has 10 rings (SSSR count). The molecule has 0 radical (unpaired) electrons. The second-order valence-electron chi connectivity index (χ2n) is 12.4. The van der Waals surface area contributed by atoms with Crippen LogP contribution in [0.2, 0.25) is 0 Å². The second kappa shape index (κ2) is 11.4. The Balaban J connectivity index is 1.25. The van der Waals surface area contributed by atoms with E-state index in [2.05, 4.69) is 66.7 Å². The molecule has 0 unspecified atom stereocenters. The van der Waals surface area contributed by atoms with Crippen LogP contribution in [0.1, 0.15) is 0 Å². The fourth-order valence-corrected chi connectivity index (χ4v) is 6.98. The van der Waals surface area contributed by atoms with Crippen LogP contribution in [-0.4, -0.2) is 15.0 Å². The van der Waals surface area contributed by atoms with Crippen molar-refractivity contribution in [3.63, 3.8) is 0 Å². The zero-order chi connectivity index (χ0) is 33.0. The Labute approximate surface area is 287 Å². The monoisotopic (exact) mass is 641 g/mol. The maximum Gasteiger partial charge on any atom is 0.168 e. The fourth-order valence-electron chi connectivity index (χ4n) is 6.98. The molecule has 50 heavy (non-hydrogen) atoms. The first-order chi connectivity index (χ1) is 24.8. The average molecular weight is 642 g/mol. The number of rotatable bonds is 5. The van der Waals surface area contributed by atoms with Gasteiger partial charge in [0.15, 0.2) is 17.5 Å². The molecule has 0 bridgehead atoms. The van der Waals surface area contributed by atoms with Gasteiger partial charge in [-0.1, -0.05) is 133 Å². The van der Waals surface area contributed by atoms with Crippen molar-refractivity contribution in [3.05, 3.63) is 164 Å². The van der Waals surface area contributed by atoms with Crippen LogP contribution < -0.4 is 0 Å². The summed E-state index contributed by atoms with van der Waals surface area (Å²) in [6, 6.07) is 55.6. The van der Waals surface area contributed by atoms with E-state index in [1.165, 1.54) is 0 Å². The van der Waals surface area contributed by atoms with Gasteiger partial charge in [0, 0.05) is 27.1 Å². The number of hydrogen-bond donors (Lipinski definition) is 0. The molecular formula is C45H27N3O2. The van der Waals surface area contributed by atoms with Crippen LogP contribution >= 0.6 is 0 Å². The van der Waals surface area contributed by atoms with Crippen LogP contribution in [0.5, 0.6) is 0 Å². The summed E-state index contributed by atoms with van der Waals surface area (Å²) in [7, 11) is 0. The van der Waals surface area contributed by atoms with Gasteiger partial charge in [0.2, 0.25) is 0 Å². The zero-order valence-corrected chi connectivity index (χ0v) is 26.7. The van der Waals surface area contributed by atoms with Crippen molar-refractivity contribution < 1.29 is 8.83 Å². The maximum absolute atomic E-state index is 6.68. The highest BCUT2D eigenvalue weighted by molar-refractivity contribution is 6.13. The molecule has 0 aliphatic carbocycles. The fraction of sp³-hybridized carbons (Fsp3) is 0. The first-order valence-electron chi connectivity index (χ1n) is 16.6. The van der Waals surface area contributed by atoms with Gasteiger partial charge in [0.25, 0.3) is 0 Å². The van der Waals surface area contributed by atoms with Crippen LogP contribution in [-0.2, 0) is 0 Å². The van der Waals surface area contributed by atoms with Crippen LogP contribution in [0.25, 0.3) is 100 Å². The predicted octanol–water partition coefficient (Wildman–Crippen LogP) is 12.0. The van der Waals surface area contributed by atoms with Gasteiger partial charge >= 0.3 is 0 Å². The highest BCUT2D eigenvalue weighted by Crippen LogP contribution is 2.43. The summed E-state index contributed by atoms with van der Waals surface area (Å²) in [5.74, 6) is 1.61. The lowest BCUT2D eigenvalue weighted by Gasteiger charge is -2.13. The largest absolute Gasteiger partial charge is 0.455 e. The molecular weight excluding hydrogens is 615 g/mol. The third-order valence-electron chi connectivity index (χ3n) is 9.37. The molecule has 0 saturated carbocycles. The highest BCUT2D eigenvalue weighted by atomic mass is 16.3. The molecule has 0 atom stereocenters. The standard InChI is InChI=1S/C45H27N3O2/c1-4-13-28(14-5-1)31-23-24-34-35-20-12-21-37(41(35)50-39(34)27-31)44-46-43(30-17-8-3-9-18-30)47-45(48-44)40-32(29-15-6-2-7-16-29)25-26-36-33-19-10-11-22-38(33)49-42(36)40/h1-27H. The molecule has 0 aliphatic rings. The summed E-state index contributed by atoms with van der Waals surface area (Å²) in [5.41, 5.74) is 9.84. The lowest BCUT2D eigenvalue weighted by atomic mass is 9.96. The van der Waals surface area contributed by atoms with Crippen molar-refractivity contribution in [2.75, 3.05) is 0 Å². The number of hydrogen-bond acceptors (Lipinski definition) is 5. The third kappa shape index (κ3) is 4.60. The minimum Gasteiger partial charge on any atom is -0.455 e. The van der Waals surface area contributed by atoms with E-state index in [0.29, 0.717) is 17.5 Å². The van der Waals surface area contributed by atoms with E-state index in [1.807, 2.05) is 97.1 Å². The zero-order valence-electron chi connectivity index (χ0n) is 26.7. The molecule has 7 aromatic carbocycles. The number of fused-ring (bicyclic) bond motifs is 6. The molecule has 0 aliphatic heterocycles. The van der Waals surface area contributed by atoms with Gasteiger partial charge in [0.1, 0.15) is 22.3 Å². The van der Waals surface area contributed by atoms with Gasteiger partial charge in [0.05, 0.1) is 11.1 Å². The van der Waals surface area contributed by atoms with E-state index in [-0.39, 0.29) is 0 Å². The average Bonchev–Trinajstić information content (AvgIpc) is 3.76. The van der Waals surface area contributed by atoms with E-state index in [9.17, 15) is 0 Å². The van der Waals surface area contributed by atoms with E-state index in [1.54, 1.807) is 0 Å². The lowest BCUT2D eigenvalue weighted by molar-refractivity contribution is 0.669. The minimum absolute atomic E-state index is 0.522. The van der Waals surface area contributed by atoms with Crippen molar-refractivity contribution in [3.8, 4) is 56.4 Å². The summed E-state index contributed by atoms with van der Waals surface area (Å²) in [6.45, 7) is 0. The van der Waals surface area contributed by atoms with Crippen molar-refractivity contribution >= 4 is 43.9 Å². The van der Waals surface area contributed by atoms with Crippen LogP contribution in [0, 0.1) is 0 Å². The number of aromatic nitrogens is 3. The first kappa shape index (κ1) is 28.2. The van der Waals surface area contributed by atoms with Crippen molar-refractivity contribution in [2.24, 2.45) is 0 Å². The third-order valence-corrected chi connectivity index (χ3v) is 9.37. The van der Waals surface area contributed by atoms with Crippen molar-refractivity contribution in [1.29, 1.82) is 0 Å². The van der Waals surface area contributed by atoms with Gasteiger partial charge in [-0.25, -0.2) is 15.0 Å². The van der Waals surface area contributed by atoms with Gasteiger partial charge in [-0.05, 0) is 52.6 Å². The predicted molar refractivity (Wildman–Crippen MR) is 202 cm³/mol. The minimum atomic E-state index is 0.522. The Morgan fingerprint density at radius 3 is 1.70 bits per heavy atom. The molecule has 3 aromatic heterocycles. The Morgan fingerprint density at radius 1 is 0.320 bits per heavy atom. The summed E-state index contributed by atoms with van der Waals surface area (Å²) in [6.07, 6.45) is 0. The summed E-state index contributed by atoms with van der Waals surface area (Å²) >= 11 is 0. The number of furan rings is 2. The first-order valence-corrected chi connectivity index (χ1v) is 16.6. The number of benzene rings is 7. The smallest absolute Gasteiger partial charge is 0.168 e. The Kier molecular flexibility index (Phi) is 6.42. The molecule has 0 fully saturated rings. The molecule has 0 amide bonds. The quantitative estimate of drug-likeness (QED) is 0.187. The highest BCUT2D eigenvalue weighted by Gasteiger charge is 2.23. The number of nitrogens with zero attached hydrogens (tertiary/aromatic N) is 3. The second-order valence-corrected chi connectivity index (χ2v) is 12.4. The van der Waals surface area contributed by atoms with E-state index < -0.39 is 0 Å². The molecule has 0 N–H and O–H groups in total. The van der Waals surface area contributed by atoms with E-state index in [4.69, 9.17) is 23.8 Å². The van der Waals surface area contributed by atoms with Crippen LogP contribution in [0.15, 0.2) is 173 Å². The Hall–Kier alpha value is -6.85. The summed E-state index contributed by atoms with van der Waals surface area (Å²) < 4.78 is 13.3. The summed E-state index contributed by atoms with van der Waals surface area (Å²) in [4.78, 5) is 15.5. The molecule has 0 saturated heterocycles. The van der Waals surface area contributed by atoms with Gasteiger partial charge < -0.3 is 8.83 Å². The normalized spacial score (nSPS) is 11.6. The topological polar surface area (TPSA) is 65.0 Å². The van der Waals surface area contributed by atoms with Gasteiger partial charge in [-0.2, -0.15) is 0 Å². The number of para-hydroxylation sites is 2. The van der Waals surface area contributed by atoms with Crippen molar-refractivity contribution in [1.82, 2.24) is 15.0 Å². The lowest BCUT2D eigenvalue weighted by Crippen LogP contribution is -2.01. The molecule has 0 spiro atoms. The molecule has 10 aromatic rings. The van der Waals surface area contributed by atoms with E-state index in [0.717, 1.165) is 82.8 Å². The molecule has 5 nitrogen and oxygen atoms in total. The summed E-state index contributed by atoms with van der Waals surface area (Å²) in [5, 5.41) is 4.09. The van der Waals surface area contributed by atoms with Crippen molar-refractivity contribution in [2.45, 2.75) is 0 Å². The van der Waals surface area contributed by atoms with Gasteiger partial charge in [-0.15, -0.1) is 0 Å². The maximum atomic E-state index is 6.68. The van der Waals surface area contributed by atoms with Crippen LogP contribution in [0.4, 0.5) is 0 Å².